The van der Waals surface area contributed by atoms with Crippen LogP contribution in [0.15, 0.2) is 0 Å². The fourth-order valence-electron chi connectivity index (χ4n) is 0.704. The minimum absolute atomic E-state index is 0.210. The maximum absolute atomic E-state index is 10.8. The van der Waals surface area contributed by atoms with E-state index >= 15 is 0 Å². The maximum atomic E-state index is 10.8. The molecule has 0 saturated carbocycles. The maximum Gasteiger partial charge on any atom is 0.319 e. The average Bonchev–Trinajstić information content (AvgIpc) is 1.84. The molecule has 0 amide bonds. The zero-order valence-electron chi connectivity index (χ0n) is 6.98. The predicted molar refractivity (Wildman–Crippen MR) is 49.0 cm³/mol. The highest BCUT2D eigenvalue weighted by molar-refractivity contribution is 7.86. The number of carboxylic acids is 1. The smallest absolute Gasteiger partial charge is 0.319 e. The molecule has 3 atom stereocenters. The highest BCUT2D eigenvalue weighted by atomic mass is 32.2. The van der Waals surface area contributed by atoms with Gasteiger partial charge in [-0.25, -0.2) is 0 Å². The molecule has 0 aromatic rings. The molecule has 0 aliphatic heterocycles. The van der Waals surface area contributed by atoms with Crippen LogP contribution in [0, 0.1) is 0 Å². The first-order valence-corrected chi connectivity index (χ1v) is 6.65. The standard InChI is InChI=1S/C6H12O4S2/c1-11(9)4-3-5(6(7)8)12(2)10/h5H,3-4H2,1-2H3,(H,7,8). The Bertz CT molecular complexity index is 200. The van der Waals surface area contributed by atoms with Crippen molar-refractivity contribution in [1.82, 2.24) is 0 Å². The average molecular weight is 212 g/mol. The largest absolute Gasteiger partial charge is 0.480 e. The van der Waals surface area contributed by atoms with Crippen LogP contribution in [0.1, 0.15) is 6.42 Å². The van der Waals surface area contributed by atoms with Crippen LogP contribution in [0.3, 0.4) is 0 Å². The van der Waals surface area contributed by atoms with Gasteiger partial charge in [0.05, 0.1) is 0 Å². The lowest BCUT2D eigenvalue weighted by Gasteiger charge is -2.06. The molecular formula is C6H12O4S2. The van der Waals surface area contributed by atoms with E-state index in [0.29, 0.717) is 0 Å². The van der Waals surface area contributed by atoms with E-state index in [9.17, 15) is 13.2 Å². The van der Waals surface area contributed by atoms with Gasteiger partial charge in [-0.1, -0.05) is 0 Å². The molecule has 0 bridgehead atoms. The Morgan fingerprint density at radius 1 is 1.42 bits per heavy atom. The van der Waals surface area contributed by atoms with E-state index in [1.807, 2.05) is 0 Å². The summed E-state index contributed by atoms with van der Waals surface area (Å²) in [6.07, 6.45) is 3.05. The fourth-order valence-corrected chi connectivity index (χ4v) is 2.15. The lowest BCUT2D eigenvalue weighted by Crippen LogP contribution is -2.26. The van der Waals surface area contributed by atoms with Crippen molar-refractivity contribution in [2.24, 2.45) is 0 Å². The van der Waals surface area contributed by atoms with E-state index in [1.54, 1.807) is 0 Å². The first kappa shape index (κ1) is 11.8. The Kier molecular flexibility index (Phi) is 5.32. The summed E-state index contributed by atoms with van der Waals surface area (Å²) in [6.45, 7) is 0. The molecule has 0 saturated heterocycles. The van der Waals surface area contributed by atoms with Crippen molar-refractivity contribution >= 4 is 27.6 Å². The normalized spacial score (nSPS) is 18.2. The lowest BCUT2D eigenvalue weighted by atomic mass is 10.3. The Morgan fingerprint density at radius 3 is 2.17 bits per heavy atom. The molecule has 72 valence electrons. The van der Waals surface area contributed by atoms with Gasteiger partial charge < -0.3 is 5.11 Å². The van der Waals surface area contributed by atoms with Gasteiger partial charge in [-0.05, 0) is 6.42 Å². The minimum atomic E-state index is -1.38. The van der Waals surface area contributed by atoms with Crippen molar-refractivity contribution in [1.29, 1.82) is 0 Å². The molecule has 0 fully saturated rings. The van der Waals surface area contributed by atoms with Gasteiger partial charge in [-0.15, -0.1) is 0 Å². The zero-order valence-corrected chi connectivity index (χ0v) is 8.61. The van der Waals surface area contributed by atoms with Crippen molar-refractivity contribution in [2.45, 2.75) is 11.7 Å². The van der Waals surface area contributed by atoms with Crippen LogP contribution in [-0.4, -0.2) is 43.0 Å². The van der Waals surface area contributed by atoms with E-state index in [4.69, 9.17) is 5.11 Å². The van der Waals surface area contributed by atoms with Gasteiger partial charge in [-0.2, -0.15) is 0 Å². The molecule has 3 unspecified atom stereocenters. The minimum Gasteiger partial charge on any atom is -0.480 e. The molecule has 0 aliphatic carbocycles. The molecular weight excluding hydrogens is 200 g/mol. The third-order valence-electron chi connectivity index (χ3n) is 1.34. The van der Waals surface area contributed by atoms with Crippen LogP contribution in [-0.2, 0) is 26.4 Å². The molecule has 12 heavy (non-hydrogen) atoms. The van der Waals surface area contributed by atoms with Crippen molar-refractivity contribution in [3.05, 3.63) is 0 Å². The summed E-state index contributed by atoms with van der Waals surface area (Å²) in [5, 5.41) is 7.68. The number of hydrogen-bond donors (Lipinski definition) is 1. The molecule has 0 heterocycles. The van der Waals surface area contributed by atoms with Crippen LogP contribution in [0.4, 0.5) is 0 Å². The van der Waals surface area contributed by atoms with Gasteiger partial charge >= 0.3 is 5.97 Å². The zero-order chi connectivity index (χ0) is 9.72. The molecule has 0 aromatic heterocycles. The van der Waals surface area contributed by atoms with Crippen molar-refractivity contribution in [3.63, 3.8) is 0 Å². The molecule has 0 rings (SSSR count). The second kappa shape index (κ2) is 5.42. The third-order valence-corrected chi connectivity index (χ3v) is 3.39. The fraction of sp³-hybridized carbons (Fsp3) is 0.833. The Hall–Kier alpha value is -0.230. The van der Waals surface area contributed by atoms with Gasteiger partial charge in [0.25, 0.3) is 0 Å². The summed E-state index contributed by atoms with van der Waals surface area (Å²) in [7, 11) is -2.40. The number of aliphatic carboxylic acids is 1. The monoisotopic (exact) mass is 212 g/mol. The SMILES string of the molecule is CS(=O)CCC(C(=O)O)S(C)=O. The number of rotatable bonds is 5. The molecule has 0 aromatic carbocycles. The molecule has 0 radical (unpaired) electrons. The predicted octanol–water partition coefficient (Wildman–Crippen LogP) is -0.413. The first-order chi connectivity index (χ1) is 5.45. The second-order valence-electron chi connectivity index (χ2n) is 2.39. The Morgan fingerprint density at radius 2 is 1.92 bits per heavy atom. The summed E-state index contributed by atoms with van der Waals surface area (Å²) >= 11 is 0. The molecule has 0 spiro atoms. The summed E-state index contributed by atoms with van der Waals surface area (Å²) in [5.74, 6) is -0.794. The molecule has 1 N–H and O–H groups in total. The number of carbonyl (C=O) groups is 1. The van der Waals surface area contributed by atoms with Crippen LogP contribution < -0.4 is 0 Å². The summed E-state index contributed by atoms with van der Waals surface area (Å²) < 4.78 is 21.4. The quantitative estimate of drug-likeness (QED) is 0.672. The second-order valence-corrected chi connectivity index (χ2v) is 5.51. The topological polar surface area (TPSA) is 71.4 Å². The molecule has 6 heteroatoms. The van der Waals surface area contributed by atoms with Crippen molar-refractivity contribution in [2.75, 3.05) is 18.3 Å². The number of hydrogen-bond acceptors (Lipinski definition) is 3. The van der Waals surface area contributed by atoms with Crippen LogP contribution in [0.5, 0.6) is 0 Å². The van der Waals surface area contributed by atoms with Gasteiger partial charge in [0.15, 0.2) is 0 Å². The van der Waals surface area contributed by atoms with Gasteiger partial charge in [-0.3, -0.25) is 13.2 Å². The van der Waals surface area contributed by atoms with E-state index < -0.39 is 32.8 Å². The van der Waals surface area contributed by atoms with E-state index in [-0.39, 0.29) is 12.2 Å². The Labute approximate surface area is 76.3 Å². The third kappa shape index (κ3) is 4.61. The van der Waals surface area contributed by atoms with Gasteiger partial charge in [0, 0.05) is 39.9 Å². The summed E-state index contributed by atoms with van der Waals surface area (Å²) in [5.41, 5.74) is 0. The first-order valence-electron chi connectivity index (χ1n) is 3.30. The highest BCUT2D eigenvalue weighted by Crippen LogP contribution is 2.01. The molecule has 4 nitrogen and oxygen atoms in total. The summed E-state index contributed by atoms with van der Waals surface area (Å²) in [6, 6.07) is 0. The van der Waals surface area contributed by atoms with Crippen LogP contribution in [0.25, 0.3) is 0 Å². The van der Waals surface area contributed by atoms with Crippen LogP contribution >= 0.6 is 0 Å². The van der Waals surface area contributed by atoms with E-state index in [2.05, 4.69) is 0 Å². The van der Waals surface area contributed by atoms with Gasteiger partial charge in [0.2, 0.25) is 0 Å². The van der Waals surface area contributed by atoms with E-state index in [0.717, 1.165) is 0 Å². The molecule has 0 aliphatic rings. The lowest BCUT2D eigenvalue weighted by molar-refractivity contribution is -0.136. The van der Waals surface area contributed by atoms with E-state index in [1.165, 1.54) is 12.5 Å². The highest BCUT2D eigenvalue weighted by Gasteiger charge is 2.21. The summed E-state index contributed by atoms with van der Waals surface area (Å²) in [4.78, 5) is 10.5. The van der Waals surface area contributed by atoms with Crippen molar-refractivity contribution in [3.8, 4) is 0 Å². The van der Waals surface area contributed by atoms with Crippen molar-refractivity contribution < 1.29 is 18.3 Å². The van der Waals surface area contributed by atoms with Gasteiger partial charge in [0.1, 0.15) is 5.25 Å². The Balaban J connectivity index is 4.06. The van der Waals surface area contributed by atoms with Crippen LogP contribution in [0.2, 0.25) is 0 Å². The number of carboxylic acid groups (broad SMARTS) is 1.